The van der Waals surface area contributed by atoms with Crippen LogP contribution in [0, 0.1) is 5.41 Å². The molecular formula is C19H27N3O3. The molecule has 1 atom stereocenters. The largest absolute Gasteiger partial charge is 0.387 e. The Kier molecular flexibility index (Phi) is 4.84. The molecule has 2 N–H and O–H groups in total. The summed E-state index contributed by atoms with van der Waals surface area (Å²) in [7, 11) is 3.24. The summed E-state index contributed by atoms with van der Waals surface area (Å²) in [5.74, 6) is -0.393. The number of β-amino-alcohol motifs (C(OH)–C–C–N with tert-alkyl or cyclic N) is 1. The highest BCUT2D eigenvalue weighted by atomic mass is 16.3. The molecule has 136 valence electrons. The van der Waals surface area contributed by atoms with Crippen LogP contribution in [0.25, 0.3) is 0 Å². The summed E-state index contributed by atoms with van der Waals surface area (Å²) in [6, 6.07) is 10.2. The maximum absolute atomic E-state index is 12.7. The Labute approximate surface area is 148 Å². The standard InChI is InChI=1S/C19H27N3O3/c1-20-16(23)19(8-9-19)17(24)21(2)13-18(25)10-11-22(14-18)12-15-6-4-3-5-7-15/h3-7,25H,8-14H2,1-2H3,(H,20,23). The van der Waals surface area contributed by atoms with Crippen molar-refractivity contribution in [2.45, 2.75) is 31.4 Å². The first-order valence-electron chi connectivity index (χ1n) is 8.85. The van der Waals surface area contributed by atoms with Gasteiger partial charge in [-0.25, -0.2) is 0 Å². The summed E-state index contributed by atoms with van der Waals surface area (Å²) < 4.78 is 0. The quantitative estimate of drug-likeness (QED) is 0.741. The molecule has 1 aliphatic carbocycles. The van der Waals surface area contributed by atoms with Crippen LogP contribution >= 0.6 is 0 Å². The lowest BCUT2D eigenvalue weighted by molar-refractivity contribution is -0.145. The minimum atomic E-state index is -0.919. The summed E-state index contributed by atoms with van der Waals surface area (Å²) in [6.07, 6.45) is 1.81. The molecule has 1 aliphatic heterocycles. The average molecular weight is 345 g/mol. The second kappa shape index (κ2) is 6.77. The van der Waals surface area contributed by atoms with Crippen LogP contribution in [0.15, 0.2) is 30.3 Å². The van der Waals surface area contributed by atoms with Gasteiger partial charge in [-0.15, -0.1) is 0 Å². The van der Waals surface area contributed by atoms with Gasteiger partial charge in [0.15, 0.2) is 0 Å². The lowest BCUT2D eigenvalue weighted by Crippen LogP contribution is -2.50. The van der Waals surface area contributed by atoms with Gasteiger partial charge in [-0.1, -0.05) is 30.3 Å². The molecule has 25 heavy (non-hydrogen) atoms. The van der Waals surface area contributed by atoms with Crippen molar-refractivity contribution in [2.75, 3.05) is 33.7 Å². The van der Waals surface area contributed by atoms with Crippen LogP contribution in [0.4, 0.5) is 0 Å². The number of hydrogen-bond donors (Lipinski definition) is 2. The van der Waals surface area contributed by atoms with Gasteiger partial charge < -0.3 is 15.3 Å². The fraction of sp³-hybridized carbons (Fsp3) is 0.579. The van der Waals surface area contributed by atoms with Gasteiger partial charge >= 0.3 is 0 Å². The number of hydrogen-bond acceptors (Lipinski definition) is 4. The van der Waals surface area contributed by atoms with Crippen LogP contribution in [0.2, 0.25) is 0 Å². The summed E-state index contributed by atoms with van der Waals surface area (Å²) in [6.45, 7) is 2.39. The van der Waals surface area contributed by atoms with Crippen LogP contribution in [0.1, 0.15) is 24.8 Å². The van der Waals surface area contributed by atoms with E-state index in [4.69, 9.17) is 0 Å². The lowest BCUT2D eigenvalue weighted by atomic mass is 10.00. The van der Waals surface area contributed by atoms with Gasteiger partial charge in [0.25, 0.3) is 0 Å². The highest BCUT2D eigenvalue weighted by Crippen LogP contribution is 2.47. The number of carbonyl (C=O) groups is 2. The van der Waals surface area contributed by atoms with Crippen molar-refractivity contribution in [2.24, 2.45) is 5.41 Å². The molecule has 1 aromatic carbocycles. The smallest absolute Gasteiger partial charge is 0.238 e. The zero-order chi connectivity index (χ0) is 18.1. The van der Waals surface area contributed by atoms with Gasteiger partial charge in [0, 0.05) is 33.7 Å². The first kappa shape index (κ1) is 17.9. The van der Waals surface area contributed by atoms with E-state index in [0.29, 0.717) is 25.8 Å². The summed E-state index contributed by atoms with van der Waals surface area (Å²) in [4.78, 5) is 28.4. The van der Waals surface area contributed by atoms with Gasteiger partial charge in [0.05, 0.1) is 12.1 Å². The van der Waals surface area contributed by atoms with Crippen LogP contribution in [-0.4, -0.2) is 66.1 Å². The number of carbonyl (C=O) groups excluding carboxylic acids is 2. The molecule has 0 bridgehead atoms. The topological polar surface area (TPSA) is 72.9 Å². The molecule has 1 unspecified atom stereocenters. The third-order valence-electron chi connectivity index (χ3n) is 5.36. The third kappa shape index (κ3) is 3.70. The first-order chi connectivity index (χ1) is 11.9. The predicted octanol–water partition coefficient (Wildman–Crippen LogP) is 0.608. The third-order valence-corrected chi connectivity index (χ3v) is 5.36. The zero-order valence-electron chi connectivity index (χ0n) is 15.0. The van der Waals surface area contributed by atoms with Crippen LogP contribution in [0.5, 0.6) is 0 Å². The Morgan fingerprint density at radius 3 is 2.52 bits per heavy atom. The van der Waals surface area contributed by atoms with Crippen molar-refractivity contribution in [1.29, 1.82) is 0 Å². The molecule has 2 aliphatic rings. The first-order valence-corrected chi connectivity index (χ1v) is 8.85. The minimum absolute atomic E-state index is 0.179. The lowest BCUT2D eigenvalue weighted by Gasteiger charge is -2.31. The van der Waals surface area contributed by atoms with Crippen LogP contribution < -0.4 is 5.32 Å². The van der Waals surface area contributed by atoms with Gasteiger partial charge in [-0.3, -0.25) is 14.5 Å². The SMILES string of the molecule is CNC(=O)C1(C(=O)N(C)CC2(O)CCN(Cc3ccccc3)C2)CC1. The highest BCUT2D eigenvalue weighted by molar-refractivity contribution is 6.07. The van der Waals surface area contributed by atoms with Gasteiger partial charge in [-0.2, -0.15) is 0 Å². The molecular weight excluding hydrogens is 318 g/mol. The molecule has 1 saturated carbocycles. The number of nitrogens with one attached hydrogen (secondary N) is 1. The Bertz CT molecular complexity index is 645. The highest BCUT2D eigenvalue weighted by Gasteiger charge is 2.57. The van der Waals surface area contributed by atoms with E-state index in [1.54, 1.807) is 14.1 Å². The van der Waals surface area contributed by atoms with Gasteiger partial charge in [0.1, 0.15) is 5.41 Å². The van der Waals surface area contributed by atoms with Gasteiger partial charge in [-0.05, 0) is 24.8 Å². The summed E-state index contributed by atoms with van der Waals surface area (Å²) in [5.41, 5.74) is -0.604. The number of aliphatic hydroxyl groups is 1. The Morgan fingerprint density at radius 1 is 1.24 bits per heavy atom. The van der Waals surface area contributed by atoms with Crippen molar-refractivity contribution < 1.29 is 14.7 Å². The number of benzene rings is 1. The minimum Gasteiger partial charge on any atom is -0.387 e. The van der Waals surface area contributed by atoms with E-state index >= 15 is 0 Å². The van der Waals surface area contributed by atoms with Crippen molar-refractivity contribution in [3.63, 3.8) is 0 Å². The van der Waals surface area contributed by atoms with Crippen LogP contribution in [-0.2, 0) is 16.1 Å². The maximum Gasteiger partial charge on any atom is 0.238 e. The number of likely N-dealkylation sites (N-methyl/N-ethyl adjacent to an activating group) is 1. The van der Waals surface area contributed by atoms with Crippen LogP contribution in [0.3, 0.4) is 0 Å². The Balaban J connectivity index is 1.57. The molecule has 3 rings (SSSR count). The number of likely N-dealkylation sites (tertiary alicyclic amines) is 1. The average Bonchev–Trinajstić information content (AvgIpc) is 3.34. The Morgan fingerprint density at radius 2 is 1.92 bits per heavy atom. The Hall–Kier alpha value is -1.92. The number of rotatable bonds is 6. The van der Waals surface area contributed by atoms with Crippen molar-refractivity contribution in [1.82, 2.24) is 15.1 Å². The second-order valence-corrected chi connectivity index (χ2v) is 7.49. The van der Waals surface area contributed by atoms with Gasteiger partial charge in [0.2, 0.25) is 11.8 Å². The molecule has 6 nitrogen and oxygen atoms in total. The molecule has 6 heteroatoms. The monoisotopic (exact) mass is 345 g/mol. The fourth-order valence-corrected chi connectivity index (χ4v) is 3.83. The number of nitrogens with zero attached hydrogens (tertiary/aromatic N) is 2. The van der Waals surface area contributed by atoms with Crippen molar-refractivity contribution in [3.05, 3.63) is 35.9 Å². The molecule has 0 spiro atoms. The maximum atomic E-state index is 12.7. The second-order valence-electron chi connectivity index (χ2n) is 7.49. The van der Waals surface area contributed by atoms with Crippen molar-refractivity contribution in [3.8, 4) is 0 Å². The van der Waals surface area contributed by atoms with Crippen molar-refractivity contribution >= 4 is 11.8 Å². The normalized spacial score (nSPS) is 24.8. The number of amides is 2. The van der Waals surface area contributed by atoms with E-state index < -0.39 is 11.0 Å². The fourth-order valence-electron chi connectivity index (χ4n) is 3.83. The molecule has 2 amide bonds. The molecule has 0 radical (unpaired) electrons. The van der Waals surface area contributed by atoms with E-state index in [1.165, 1.54) is 10.5 Å². The van der Waals surface area contributed by atoms with E-state index in [9.17, 15) is 14.7 Å². The zero-order valence-corrected chi connectivity index (χ0v) is 15.0. The van der Waals surface area contributed by atoms with E-state index in [-0.39, 0.29) is 18.4 Å². The summed E-state index contributed by atoms with van der Waals surface area (Å²) >= 11 is 0. The summed E-state index contributed by atoms with van der Waals surface area (Å²) in [5, 5.41) is 13.5. The molecule has 1 saturated heterocycles. The predicted molar refractivity (Wildman–Crippen MR) is 94.7 cm³/mol. The van der Waals surface area contributed by atoms with E-state index in [1.807, 2.05) is 18.2 Å². The van der Waals surface area contributed by atoms with E-state index in [0.717, 1.165) is 13.1 Å². The van der Waals surface area contributed by atoms with E-state index in [2.05, 4.69) is 22.3 Å². The molecule has 1 heterocycles. The molecule has 2 fully saturated rings. The molecule has 0 aromatic heterocycles. The molecule has 1 aromatic rings.